The number of β-lactam (4-membered cyclic amide) rings is 1. The first-order chi connectivity index (χ1) is 11.7. The smallest absolute Gasteiger partial charge is 0.337 e. The van der Waals surface area contributed by atoms with Crippen molar-refractivity contribution in [2.75, 3.05) is 0 Å². The molecule has 25 heavy (non-hydrogen) atoms. The molecular weight excluding hydrogens is 332 g/mol. The van der Waals surface area contributed by atoms with Crippen molar-refractivity contribution in [3.05, 3.63) is 39.9 Å². The first-order valence-corrected chi connectivity index (χ1v) is 7.71. The van der Waals surface area contributed by atoms with Gasteiger partial charge in [0.1, 0.15) is 0 Å². The minimum Gasteiger partial charge on any atom is -0.479 e. The Hall–Kier alpha value is -2.81. The summed E-state index contributed by atoms with van der Waals surface area (Å²) >= 11 is 0. The Bertz CT molecular complexity index is 773. The van der Waals surface area contributed by atoms with Gasteiger partial charge in [0.05, 0.1) is 23.0 Å². The van der Waals surface area contributed by atoms with Crippen molar-refractivity contribution in [2.45, 2.75) is 37.5 Å². The molecule has 3 rings (SSSR count). The number of hydrogen-bond acceptors (Lipinski definition) is 6. The third-order valence-electron chi connectivity index (χ3n) is 5.02. The van der Waals surface area contributed by atoms with Gasteiger partial charge in [-0.15, -0.1) is 0 Å². The van der Waals surface area contributed by atoms with Crippen LogP contribution in [-0.2, 0) is 20.8 Å². The van der Waals surface area contributed by atoms with Crippen LogP contribution < -0.4 is 0 Å². The molecule has 1 amide bonds. The number of hydrogen-bond donors (Lipinski definition) is 2. The summed E-state index contributed by atoms with van der Waals surface area (Å²) in [5.41, 5.74) is -1.78. The molecule has 0 bridgehead atoms. The molecule has 0 radical (unpaired) electrons. The monoisotopic (exact) mass is 348 g/mol. The van der Waals surface area contributed by atoms with Gasteiger partial charge in [0, 0.05) is 25.0 Å². The number of Topliss-reactive ketones (excluding diaryl/α,β-unsaturated/α-hetero) is 1. The molecule has 0 saturated carbocycles. The highest BCUT2D eigenvalue weighted by Gasteiger charge is 2.69. The number of carboxylic acid groups (broad SMARTS) is 1. The van der Waals surface area contributed by atoms with Gasteiger partial charge in [0.2, 0.25) is 11.4 Å². The van der Waals surface area contributed by atoms with Crippen LogP contribution in [0.5, 0.6) is 0 Å². The third kappa shape index (κ3) is 2.30. The van der Waals surface area contributed by atoms with Crippen LogP contribution in [0, 0.1) is 16.0 Å². The van der Waals surface area contributed by atoms with Crippen LogP contribution in [0.3, 0.4) is 0 Å². The van der Waals surface area contributed by atoms with Gasteiger partial charge in [0.15, 0.2) is 5.78 Å². The van der Waals surface area contributed by atoms with E-state index in [1.54, 1.807) is 0 Å². The van der Waals surface area contributed by atoms with Gasteiger partial charge >= 0.3 is 5.97 Å². The number of nitro benzene ring substituents is 1. The lowest BCUT2D eigenvalue weighted by molar-refractivity contribution is -0.384. The van der Waals surface area contributed by atoms with Crippen LogP contribution in [0.25, 0.3) is 0 Å². The summed E-state index contributed by atoms with van der Waals surface area (Å²) in [6, 6.07) is 4.56. The number of carbonyl (C=O) groups excluding carboxylic acids is 2. The zero-order chi connectivity index (χ0) is 18.5. The number of aliphatic carboxylic acids is 1. The van der Waals surface area contributed by atoms with Crippen molar-refractivity contribution in [3.63, 3.8) is 0 Å². The number of rotatable bonds is 5. The molecule has 2 fully saturated rings. The molecule has 9 nitrogen and oxygen atoms in total. The number of non-ortho nitro benzene ring substituents is 1. The number of carboxylic acids is 1. The Kier molecular flexibility index (Phi) is 3.83. The van der Waals surface area contributed by atoms with Crippen molar-refractivity contribution in [1.82, 2.24) is 4.90 Å². The SMILES string of the molecule is C[C@@H](O)[C@H]1C(=O)N2[C@@H]1CC(=O)C2(Cc1ccc([N+](=O)[O-])cc1)C(=O)O. The lowest BCUT2D eigenvalue weighted by Gasteiger charge is -2.49. The van der Waals surface area contributed by atoms with E-state index in [2.05, 4.69) is 0 Å². The summed E-state index contributed by atoms with van der Waals surface area (Å²) in [6.45, 7) is 1.43. The van der Waals surface area contributed by atoms with E-state index in [1.165, 1.54) is 31.2 Å². The number of ketones is 1. The average molecular weight is 348 g/mol. The van der Waals surface area contributed by atoms with Crippen molar-refractivity contribution < 1.29 is 29.5 Å². The summed E-state index contributed by atoms with van der Waals surface area (Å²) < 4.78 is 0. The van der Waals surface area contributed by atoms with Gasteiger partial charge in [-0.2, -0.15) is 0 Å². The Labute approximate surface area is 142 Å². The lowest BCUT2D eigenvalue weighted by Crippen LogP contribution is -2.71. The summed E-state index contributed by atoms with van der Waals surface area (Å²) in [5.74, 6) is -3.37. The van der Waals surface area contributed by atoms with Crippen molar-refractivity contribution in [1.29, 1.82) is 0 Å². The van der Waals surface area contributed by atoms with E-state index >= 15 is 0 Å². The number of fused-ring (bicyclic) bond motifs is 1. The number of aliphatic hydroxyl groups excluding tert-OH is 1. The fourth-order valence-electron chi connectivity index (χ4n) is 3.79. The maximum Gasteiger partial charge on any atom is 0.337 e. The molecule has 2 aliphatic heterocycles. The van der Waals surface area contributed by atoms with E-state index in [-0.39, 0.29) is 18.5 Å². The summed E-state index contributed by atoms with van der Waals surface area (Å²) in [5, 5.41) is 30.1. The van der Waals surface area contributed by atoms with Gasteiger partial charge < -0.3 is 15.1 Å². The van der Waals surface area contributed by atoms with Gasteiger partial charge in [-0.25, -0.2) is 4.79 Å². The van der Waals surface area contributed by atoms with Crippen molar-refractivity contribution >= 4 is 23.3 Å². The summed E-state index contributed by atoms with van der Waals surface area (Å²) in [7, 11) is 0. The highest BCUT2D eigenvalue weighted by atomic mass is 16.6. The molecule has 0 aliphatic carbocycles. The van der Waals surface area contributed by atoms with Crippen LogP contribution in [0.1, 0.15) is 18.9 Å². The number of amides is 1. The highest BCUT2D eigenvalue weighted by molar-refractivity contribution is 6.15. The van der Waals surface area contributed by atoms with E-state index in [4.69, 9.17) is 0 Å². The van der Waals surface area contributed by atoms with Gasteiger partial charge in [0.25, 0.3) is 5.69 Å². The molecule has 1 aromatic rings. The highest BCUT2D eigenvalue weighted by Crippen LogP contribution is 2.46. The summed E-state index contributed by atoms with van der Waals surface area (Å²) in [4.78, 5) is 48.0. The van der Waals surface area contributed by atoms with Crippen LogP contribution >= 0.6 is 0 Å². The Morgan fingerprint density at radius 1 is 1.40 bits per heavy atom. The Morgan fingerprint density at radius 3 is 2.48 bits per heavy atom. The normalized spacial score (nSPS) is 29.1. The maximum absolute atomic E-state index is 12.5. The standard InChI is InChI=1S/C16H16N2O7/c1-8(19)13-11-6-12(20)16(15(22)23,17(11)14(13)21)7-9-2-4-10(5-3-9)18(24)25/h2-5,8,11,13,19H,6-7H2,1H3,(H,22,23)/t8-,11-,13-,16?/m1/s1. The molecule has 2 aliphatic rings. The van der Waals surface area contributed by atoms with Gasteiger partial charge in [-0.3, -0.25) is 19.7 Å². The predicted molar refractivity (Wildman–Crippen MR) is 82.6 cm³/mol. The largest absolute Gasteiger partial charge is 0.479 e. The van der Waals surface area contributed by atoms with E-state index < -0.39 is 46.2 Å². The van der Waals surface area contributed by atoms with Gasteiger partial charge in [-0.05, 0) is 12.5 Å². The molecule has 2 saturated heterocycles. The van der Waals surface area contributed by atoms with E-state index in [9.17, 15) is 34.7 Å². The third-order valence-corrected chi connectivity index (χ3v) is 5.02. The second-order valence-electron chi connectivity index (χ2n) is 6.44. The average Bonchev–Trinajstić information content (AvgIpc) is 2.77. The Balaban J connectivity index is 1.95. The molecule has 1 unspecified atom stereocenters. The Morgan fingerprint density at radius 2 is 2.00 bits per heavy atom. The number of nitro groups is 1. The maximum atomic E-state index is 12.5. The van der Waals surface area contributed by atoms with Crippen molar-refractivity contribution in [2.24, 2.45) is 5.92 Å². The number of benzene rings is 1. The van der Waals surface area contributed by atoms with E-state index in [1.807, 2.05) is 0 Å². The fraction of sp³-hybridized carbons (Fsp3) is 0.438. The van der Waals surface area contributed by atoms with Crippen molar-refractivity contribution in [3.8, 4) is 0 Å². The van der Waals surface area contributed by atoms with Crippen LogP contribution in [0.15, 0.2) is 24.3 Å². The van der Waals surface area contributed by atoms with Crippen LogP contribution in [-0.4, -0.2) is 55.4 Å². The quantitative estimate of drug-likeness (QED) is 0.334. The molecule has 2 N–H and O–H groups in total. The summed E-state index contributed by atoms with van der Waals surface area (Å²) in [6.07, 6.45) is -1.36. The molecular formula is C16H16N2O7. The van der Waals surface area contributed by atoms with E-state index in [0.717, 1.165) is 4.90 Å². The molecule has 0 spiro atoms. The molecule has 1 aromatic carbocycles. The minimum absolute atomic E-state index is 0.124. The van der Waals surface area contributed by atoms with Crippen LogP contribution in [0.4, 0.5) is 5.69 Å². The number of carbonyl (C=O) groups is 3. The predicted octanol–water partition coefficient (Wildman–Crippen LogP) is 0.141. The molecule has 9 heteroatoms. The zero-order valence-electron chi connectivity index (χ0n) is 13.3. The number of nitrogens with zero attached hydrogens (tertiary/aromatic N) is 2. The molecule has 0 aromatic heterocycles. The van der Waals surface area contributed by atoms with E-state index in [0.29, 0.717) is 5.56 Å². The second-order valence-corrected chi connectivity index (χ2v) is 6.44. The topological polar surface area (TPSA) is 138 Å². The number of aliphatic hydroxyl groups is 1. The first-order valence-electron chi connectivity index (χ1n) is 7.71. The first kappa shape index (κ1) is 17.0. The lowest BCUT2D eigenvalue weighted by atomic mass is 9.81. The van der Waals surface area contributed by atoms with Crippen LogP contribution in [0.2, 0.25) is 0 Å². The molecule has 132 valence electrons. The zero-order valence-corrected chi connectivity index (χ0v) is 13.3. The minimum atomic E-state index is -2.02. The fourth-order valence-corrected chi connectivity index (χ4v) is 3.79. The van der Waals surface area contributed by atoms with Gasteiger partial charge in [-0.1, -0.05) is 12.1 Å². The molecule has 4 atom stereocenters. The molecule has 2 heterocycles. The second kappa shape index (κ2) is 5.62.